The van der Waals surface area contributed by atoms with Crippen LogP contribution in [-0.4, -0.2) is 31.6 Å². The fraction of sp³-hybridized carbons (Fsp3) is 0.429. The molecule has 0 aromatic heterocycles. The van der Waals surface area contributed by atoms with Gasteiger partial charge in [-0.15, -0.1) is 0 Å². The highest BCUT2D eigenvalue weighted by Crippen LogP contribution is 2.17. The van der Waals surface area contributed by atoms with Gasteiger partial charge in [-0.3, -0.25) is 4.79 Å². The number of amides is 1. The third-order valence-electron chi connectivity index (χ3n) is 3.20. The zero-order valence-corrected chi connectivity index (χ0v) is 10.9. The first-order valence-electron chi connectivity index (χ1n) is 6.41. The van der Waals surface area contributed by atoms with Crippen LogP contribution in [0.4, 0.5) is 5.69 Å². The van der Waals surface area contributed by atoms with Crippen molar-refractivity contribution in [2.45, 2.75) is 25.3 Å². The zero-order valence-electron chi connectivity index (χ0n) is 10.9. The second-order valence-corrected chi connectivity index (χ2v) is 4.58. The minimum atomic E-state index is -0.449. The van der Waals surface area contributed by atoms with Crippen molar-refractivity contribution in [3.63, 3.8) is 0 Å². The lowest BCUT2D eigenvalue weighted by molar-refractivity contribution is -0.116. The average molecular weight is 262 g/mol. The fourth-order valence-electron chi connectivity index (χ4n) is 2.24. The molecule has 1 aliphatic heterocycles. The van der Waals surface area contributed by atoms with E-state index in [2.05, 4.69) is 15.4 Å². The number of nitrogens with one attached hydrogen (secondary N) is 2. The number of carbonyl (C=O) groups excluding carboxylic acids is 2. The molecule has 2 N–H and O–H groups in total. The van der Waals surface area contributed by atoms with Crippen molar-refractivity contribution in [3.8, 4) is 0 Å². The van der Waals surface area contributed by atoms with E-state index in [1.54, 1.807) is 24.3 Å². The molecule has 1 fully saturated rings. The summed E-state index contributed by atoms with van der Waals surface area (Å²) in [6.07, 6.45) is 2.55. The Morgan fingerprint density at radius 1 is 1.42 bits per heavy atom. The van der Waals surface area contributed by atoms with E-state index >= 15 is 0 Å². The molecular weight excluding hydrogens is 244 g/mol. The second-order valence-electron chi connectivity index (χ2n) is 4.58. The Morgan fingerprint density at radius 2 is 2.21 bits per heavy atom. The first kappa shape index (κ1) is 13.5. The number of hydrogen-bond donors (Lipinski definition) is 2. The zero-order chi connectivity index (χ0) is 13.7. The fourth-order valence-corrected chi connectivity index (χ4v) is 2.24. The second kappa shape index (κ2) is 6.33. The summed E-state index contributed by atoms with van der Waals surface area (Å²) in [5.74, 6) is -0.536. The van der Waals surface area contributed by atoms with Gasteiger partial charge in [-0.2, -0.15) is 0 Å². The molecule has 0 aliphatic carbocycles. The summed E-state index contributed by atoms with van der Waals surface area (Å²) in [7, 11) is 1.32. The van der Waals surface area contributed by atoms with Crippen LogP contribution in [0.25, 0.3) is 0 Å². The van der Waals surface area contributed by atoms with Crippen LogP contribution in [0.2, 0.25) is 0 Å². The predicted octanol–water partition coefficient (Wildman–Crippen LogP) is 1.55. The number of benzene rings is 1. The molecule has 19 heavy (non-hydrogen) atoms. The highest BCUT2D eigenvalue weighted by atomic mass is 16.5. The summed E-state index contributed by atoms with van der Waals surface area (Å²) in [4.78, 5) is 23.5. The van der Waals surface area contributed by atoms with Crippen molar-refractivity contribution >= 4 is 17.6 Å². The van der Waals surface area contributed by atoms with E-state index in [1.165, 1.54) is 7.11 Å². The molecule has 1 aromatic rings. The third kappa shape index (κ3) is 3.54. The first-order valence-corrected chi connectivity index (χ1v) is 6.41. The summed E-state index contributed by atoms with van der Waals surface area (Å²) >= 11 is 0. The van der Waals surface area contributed by atoms with Gasteiger partial charge in [0.2, 0.25) is 5.91 Å². The maximum absolute atomic E-state index is 11.9. The lowest BCUT2D eigenvalue weighted by atomic mass is 10.1. The van der Waals surface area contributed by atoms with Crippen LogP contribution in [0, 0.1) is 0 Å². The van der Waals surface area contributed by atoms with Crippen LogP contribution in [0.5, 0.6) is 0 Å². The lowest BCUT2D eigenvalue weighted by Gasteiger charge is -2.12. The van der Waals surface area contributed by atoms with Crippen molar-refractivity contribution in [1.29, 1.82) is 0 Å². The number of rotatable bonds is 4. The molecule has 5 nitrogen and oxygen atoms in total. The van der Waals surface area contributed by atoms with E-state index in [0.29, 0.717) is 17.7 Å². The van der Waals surface area contributed by atoms with Gasteiger partial charge in [-0.25, -0.2) is 4.79 Å². The summed E-state index contributed by atoms with van der Waals surface area (Å²) in [5, 5.41) is 6.04. The van der Waals surface area contributed by atoms with Crippen molar-refractivity contribution in [1.82, 2.24) is 5.32 Å². The molecule has 0 spiro atoms. The van der Waals surface area contributed by atoms with Crippen molar-refractivity contribution in [3.05, 3.63) is 29.8 Å². The van der Waals surface area contributed by atoms with Crippen LogP contribution in [0.1, 0.15) is 29.6 Å². The minimum Gasteiger partial charge on any atom is -0.465 e. The summed E-state index contributed by atoms with van der Waals surface area (Å²) in [6, 6.07) is 7.09. The van der Waals surface area contributed by atoms with Crippen molar-refractivity contribution in [2.75, 3.05) is 19.0 Å². The highest BCUT2D eigenvalue weighted by molar-refractivity contribution is 6.01. The van der Waals surface area contributed by atoms with E-state index in [9.17, 15) is 9.59 Å². The molecule has 1 heterocycles. The molecule has 1 aliphatic rings. The number of hydrogen-bond acceptors (Lipinski definition) is 4. The summed E-state index contributed by atoms with van der Waals surface area (Å²) in [6.45, 7) is 0.969. The summed E-state index contributed by atoms with van der Waals surface area (Å²) in [5.41, 5.74) is 0.870. The van der Waals surface area contributed by atoms with Crippen LogP contribution in [-0.2, 0) is 9.53 Å². The van der Waals surface area contributed by atoms with Crippen LogP contribution < -0.4 is 10.6 Å². The SMILES string of the molecule is COC(=O)c1ccccc1NC(=O)CC1CCCN1. The minimum absolute atomic E-state index is 0.0873. The highest BCUT2D eigenvalue weighted by Gasteiger charge is 2.19. The standard InChI is InChI=1S/C14H18N2O3/c1-19-14(18)11-6-2-3-7-12(11)16-13(17)9-10-5-4-8-15-10/h2-3,6-7,10,15H,4-5,8-9H2,1H3,(H,16,17). The smallest absolute Gasteiger partial charge is 0.339 e. The van der Waals surface area contributed by atoms with Crippen molar-refractivity contribution < 1.29 is 14.3 Å². The number of anilines is 1. The summed E-state index contributed by atoms with van der Waals surface area (Å²) < 4.78 is 4.69. The van der Waals surface area contributed by atoms with Gasteiger partial charge < -0.3 is 15.4 Å². The van der Waals surface area contributed by atoms with Crippen LogP contribution in [0.3, 0.4) is 0 Å². The molecule has 1 aromatic carbocycles. The molecule has 1 amide bonds. The maximum Gasteiger partial charge on any atom is 0.339 e. The van der Waals surface area contributed by atoms with Crippen LogP contribution in [0.15, 0.2) is 24.3 Å². The average Bonchev–Trinajstić information content (AvgIpc) is 2.91. The number of carbonyl (C=O) groups is 2. The Bertz CT molecular complexity index is 468. The third-order valence-corrected chi connectivity index (χ3v) is 3.20. The van der Waals surface area contributed by atoms with Gasteiger partial charge in [0.1, 0.15) is 0 Å². The Kier molecular flexibility index (Phi) is 4.52. The Morgan fingerprint density at radius 3 is 2.89 bits per heavy atom. The lowest BCUT2D eigenvalue weighted by Crippen LogP contribution is -2.27. The molecule has 5 heteroatoms. The van der Waals surface area contributed by atoms with Gasteiger partial charge in [-0.1, -0.05) is 12.1 Å². The van der Waals surface area contributed by atoms with E-state index in [4.69, 9.17) is 0 Å². The largest absolute Gasteiger partial charge is 0.465 e. The Balaban J connectivity index is 2.01. The van der Waals surface area contributed by atoms with Gasteiger partial charge in [0.15, 0.2) is 0 Å². The normalized spacial score (nSPS) is 18.1. The van der Waals surface area contributed by atoms with Gasteiger partial charge >= 0.3 is 5.97 Å². The van der Waals surface area contributed by atoms with E-state index in [-0.39, 0.29) is 11.9 Å². The topological polar surface area (TPSA) is 67.4 Å². The predicted molar refractivity (Wildman–Crippen MR) is 72.1 cm³/mol. The van der Waals surface area contributed by atoms with Gasteiger partial charge in [0.05, 0.1) is 18.4 Å². The molecule has 1 atom stereocenters. The van der Waals surface area contributed by atoms with Crippen LogP contribution >= 0.6 is 0 Å². The molecule has 0 radical (unpaired) electrons. The van der Waals surface area contributed by atoms with E-state index in [1.807, 2.05) is 0 Å². The Hall–Kier alpha value is -1.88. The Labute approximate surface area is 112 Å². The molecular formula is C14H18N2O3. The molecule has 102 valence electrons. The maximum atomic E-state index is 11.9. The van der Waals surface area contributed by atoms with Gasteiger partial charge in [-0.05, 0) is 31.5 Å². The quantitative estimate of drug-likeness (QED) is 0.808. The molecule has 0 bridgehead atoms. The monoisotopic (exact) mass is 262 g/mol. The first-order chi connectivity index (χ1) is 9.20. The van der Waals surface area contributed by atoms with E-state index in [0.717, 1.165) is 19.4 Å². The molecule has 1 unspecified atom stereocenters. The van der Waals surface area contributed by atoms with Gasteiger partial charge in [0.25, 0.3) is 0 Å². The molecule has 0 saturated carbocycles. The molecule has 2 rings (SSSR count). The van der Waals surface area contributed by atoms with E-state index < -0.39 is 5.97 Å². The van der Waals surface area contributed by atoms with Gasteiger partial charge in [0, 0.05) is 12.5 Å². The number of methoxy groups -OCH3 is 1. The molecule has 1 saturated heterocycles. The number of para-hydroxylation sites is 1. The van der Waals surface area contributed by atoms with Crippen molar-refractivity contribution in [2.24, 2.45) is 0 Å². The number of ether oxygens (including phenoxy) is 1. The number of esters is 1.